The van der Waals surface area contributed by atoms with E-state index in [4.69, 9.17) is 0 Å². The van der Waals surface area contributed by atoms with Gasteiger partial charge in [-0.1, -0.05) is 18.6 Å². The summed E-state index contributed by atoms with van der Waals surface area (Å²) in [5, 5.41) is 0. The van der Waals surface area contributed by atoms with E-state index >= 15 is 0 Å². The van der Waals surface area contributed by atoms with Crippen molar-refractivity contribution in [2.75, 3.05) is 11.5 Å². The molecule has 0 nitrogen and oxygen atoms in total. The number of hydrogen-bond acceptors (Lipinski definition) is 1. The molecule has 0 N–H and O–H groups in total. The van der Waals surface area contributed by atoms with Gasteiger partial charge < -0.3 is 0 Å². The number of rotatable bonds is 5. The van der Waals surface area contributed by atoms with Crippen molar-refractivity contribution in [3.8, 4) is 0 Å². The van der Waals surface area contributed by atoms with Crippen molar-refractivity contribution >= 4 is 11.8 Å². The first kappa shape index (κ1) is 10.1. The van der Waals surface area contributed by atoms with Gasteiger partial charge in [-0.3, -0.25) is 0 Å². The molecular formula is C9H18S. The monoisotopic (exact) mass is 158 g/mol. The highest BCUT2D eigenvalue weighted by atomic mass is 32.2. The number of allylic oxidation sites excluding steroid dienone is 2. The molecule has 1 heteroatoms. The highest BCUT2D eigenvalue weighted by Gasteiger charge is 1.88. The van der Waals surface area contributed by atoms with Crippen LogP contribution in [0.25, 0.3) is 0 Å². The third-order valence-corrected chi connectivity index (χ3v) is 2.54. The van der Waals surface area contributed by atoms with Crippen molar-refractivity contribution in [3.63, 3.8) is 0 Å². The highest BCUT2D eigenvalue weighted by Crippen LogP contribution is 2.08. The van der Waals surface area contributed by atoms with E-state index in [0.717, 1.165) is 0 Å². The van der Waals surface area contributed by atoms with E-state index in [0.29, 0.717) is 0 Å². The molecule has 0 unspecified atom stereocenters. The normalized spacial score (nSPS) is 12.1. The fourth-order valence-corrected chi connectivity index (χ4v) is 1.38. The quantitative estimate of drug-likeness (QED) is 0.436. The fraction of sp³-hybridized carbons (Fsp3) is 0.778. The fourth-order valence-electron chi connectivity index (χ4n) is 0.742. The van der Waals surface area contributed by atoms with Crippen LogP contribution in [-0.2, 0) is 0 Å². The van der Waals surface area contributed by atoms with Gasteiger partial charge in [0.05, 0.1) is 0 Å². The Hall–Kier alpha value is 0.0900. The molecule has 0 aliphatic carbocycles. The van der Waals surface area contributed by atoms with Gasteiger partial charge in [-0.05, 0) is 38.2 Å². The molecule has 0 aromatic rings. The van der Waals surface area contributed by atoms with Gasteiger partial charge in [0.1, 0.15) is 0 Å². The Morgan fingerprint density at radius 2 is 2.20 bits per heavy atom. The molecule has 0 aliphatic rings. The molecule has 0 aromatic heterocycles. The lowest BCUT2D eigenvalue weighted by Crippen LogP contribution is -1.82. The summed E-state index contributed by atoms with van der Waals surface area (Å²) in [6.07, 6.45) is 4.83. The van der Waals surface area contributed by atoms with Gasteiger partial charge in [-0.25, -0.2) is 0 Å². The van der Waals surface area contributed by atoms with Crippen molar-refractivity contribution < 1.29 is 0 Å². The summed E-state index contributed by atoms with van der Waals surface area (Å²) in [6.45, 7) is 6.53. The first-order valence-corrected chi connectivity index (χ1v) is 5.16. The maximum absolute atomic E-state index is 2.22. The third-order valence-electron chi connectivity index (χ3n) is 1.56. The molecule has 0 rings (SSSR count). The van der Waals surface area contributed by atoms with Crippen LogP contribution in [0.2, 0.25) is 0 Å². The molecule has 0 saturated heterocycles. The standard InChI is InChI=1S/C9H18S/c1-4-9(3)7-6-8-10-5-2/h4H,5-8H2,1-3H3/b9-4+. The molecule has 0 heterocycles. The molecule has 10 heavy (non-hydrogen) atoms. The lowest BCUT2D eigenvalue weighted by molar-refractivity contribution is 0.913. The molecule has 0 aliphatic heterocycles. The molecular weight excluding hydrogens is 140 g/mol. The van der Waals surface area contributed by atoms with Gasteiger partial charge >= 0.3 is 0 Å². The van der Waals surface area contributed by atoms with Crippen LogP contribution in [0.1, 0.15) is 33.6 Å². The molecule has 0 spiro atoms. The van der Waals surface area contributed by atoms with E-state index in [1.165, 1.54) is 29.9 Å². The van der Waals surface area contributed by atoms with Gasteiger partial charge in [0.25, 0.3) is 0 Å². The van der Waals surface area contributed by atoms with Crippen LogP contribution in [-0.4, -0.2) is 11.5 Å². The minimum atomic E-state index is 1.26. The predicted octanol–water partition coefficient (Wildman–Crippen LogP) is 3.49. The Bertz CT molecular complexity index is 94.9. The Labute approximate surface area is 69.1 Å². The summed E-state index contributed by atoms with van der Waals surface area (Å²) < 4.78 is 0. The Morgan fingerprint density at radius 1 is 1.50 bits per heavy atom. The lowest BCUT2D eigenvalue weighted by atomic mass is 10.2. The molecule has 0 radical (unpaired) electrons. The SMILES string of the molecule is C/C=C(\C)CCCSCC. The van der Waals surface area contributed by atoms with Crippen LogP contribution in [0.5, 0.6) is 0 Å². The second-order valence-corrected chi connectivity index (χ2v) is 3.83. The van der Waals surface area contributed by atoms with E-state index in [2.05, 4.69) is 26.8 Å². The van der Waals surface area contributed by atoms with E-state index in [1.807, 2.05) is 11.8 Å². The van der Waals surface area contributed by atoms with Crippen molar-refractivity contribution in [1.29, 1.82) is 0 Å². The van der Waals surface area contributed by atoms with Crippen molar-refractivity contribution in [3.05, 3.63) is 11.6 Å². The number of hydrogen-bond donors (Lipinski definition) is 0. The molecule has 60 valence electrons. The summed E-state index contributed by atoms with van der Waals surface area (Å²) in [7, 11) is 0. The zero-order valence-corrected chi connectivity index (χ0v) is 8.13. The maximum atomic E-state index is 2.22. The van der Waals surface area contributed by atoms with Crippen LogP contribution < -0.4 is 0 Å². The minimum absolute atomic E-state index is 1.26. The second kappa shape index (κ2) is 7.20. The molecule has 0 saturated carbocycles. The van der Waals surface area contributed by atoms with Crippen LogP contribution in [0, 0.1) is 0 Å². The van der Waals surface area contributed by atoms with Gasteiger partial charge in [0, 0.05) is 0 Å². The molecule has 0 bridgehead atoms. The molecule has 0 fully saturated rings. The maximum Gasteiger partial charge on any atom is -0.00646 e. The van der Waals surface area contributed by atoms with Crippen LogP contribution in [0.15, 0.2) is 11.6 Å². The van der Waals surface area contributed by atoms with Crippen molar-refractivity contribution in [1.82, 2.24) is 0 Å². The van der Waals surface area contributed by atoms with Gasteiger partial charge in [-0.15, -0.1) is 0 Å². The Kier molecular flexibility index (Phi) is 7.26. The van der Waals surface area contributed by atoms with Gasteiger partial charge in [-0.2, -0.15) is 11.8 Å². The van der Waals surface area contributed by atoms with E-state index in [-0.39, 0.29) is 0 Å². The summed E-state index contributed by atoms with van der Waals surface area (Å²) in [5.41, 5.74) is 1.52. The van der Waals surface area contributed by atoms with Gasteiger partial charge in [0.2, 0.25) is 0 Å². The lowest BCUT2D eigenvalue weighted by Gasteiger charge is -1.98. The van der Waals surface area contributed by atoms with Crippen LogP contribution >= 0.6 is 11.8 Å². The Morgan fingerprint density at radius 3 is 2.70 bits per heavy atom. The predicted molar refractivity (Wildman–Crippen MR) is 51.7 cm³/mol. The van der Waals surface area contributed by atoms with Gasteiger partial charge in [0.15, 0.2) is 0 Å². The zero-order valence-electron chi connectivity index (χ0n) is 7.31. The summed E-state index contributed by atoms with van der Waals surface area (Å²) in [5.74, 6) is 2.58. The Balaban J connectivity index is 3.04. The molecule has 0 atom stereocenters. The first-order chi connectivity index (χ1) is 4.81. The molecule has 0 amide bonds. The van der Waals surface area contributed by atoms with E-state index < -0.39 is 0 Å². The van der Waals surface area contributed by atoms with E-state index in [1.54, 1.807) is 0 Å². The topological polar surface area (TPSA) is 0 Å². The average molecular weight is 158 g/mol. The van der Waals surface area contributed by atoms with E-state index in [9.17, 15) is 0 Å². The number of thioether (sulfide) groups is 1. The zero-order chi connectivity index (χ0) is 7.82. The summed E-state index contributed by atoms with van der Waals surface area (Å²) in [6, 6.07) is 0. The summed E-state index contributed by atoms with van der Waals surface area (Å²) in [4.78, 5) is 0. The van der Waals surface area contributed by atoms with Crippen LogP contribution in [0.3, 0.4) is 0 Å². The third kappa shape index (κ3) is 6.21. The highest BCUT2D eigenvalue weighted by molar-refractivity contribution is 7.99. The summed E-state index contributed by atoms with van der Waals surface area (Å²) >= 11 is 2.03. The largest absolute Gasteiger partial charge is 0.162 e. The minimum Gasteiger partial charge on any atom is -0.162 e. The van der Waals surface area contributed by atoms with Crippen molar-refractivity contribution in [2.45, 2.75) is 33.6 Å². The van der Waals surface area contributed by atoms with Crippen molar-refractivity contribution in [2.24, 2.45) is 0 Å². The average Bonchev–Trinajstić information content (AvgIpc) is 1.98. The van der Waals surface area contributed by atoms with Crippen LogP contribution in [0.4, 0.5) is 0 Å². The second-order valence-electron chi connectivity index (χ2n) is 2.44. The first-order valence-electron chi connectivity index (χ1n) is 4.00. The molecule has 0 aromatic carbocycles. The smallest absolute Gasteiger partial charge is 0.00646 e.